The van der Waals surface area contributed by atoms with Gasteiger partial charge in [0.25, 0.3) is 0 Å². The third-order valence-corrected chi connectivity index (χ3v) is 13.6. The van der Waals surface area contributed by atoms with E-state index in [2.05, 4.69) is 41.2 Å². The molecule has 0 bridgehead atoms. The quantitative estimate of drug-likeness (QED) is 0.308. The molecule has 0 aromatic heterocycles. The third-order valence-electron chi connectivity index (χ3n) is 12.6. The summed E-state index contributed by atoms with van der Waals surface area (Å²) in [5, 5.41) is 21.1. The summed E-state index contributed by atoms with van der Waals surface area (Å²) in [7, 11) is -8.29. The second-order valence-corrected chi connectivity index (χ2v) is 18.1. The van der Waals surface area contributed by atoms with Crippen LogP contribution in [0.1, 0.15) is 113 Å². The van der Waals surface area contributed by atoms with Crippen LogP contribution in [-0.4, -0.2) is 39.8 Å². The normalized spacial score (nSPS) is 42.7. The first-order chi connectivity index (χ1) is 18.4. The zero-order valence-electron chi connectivity index (χ0n) is 26.1. The minimum absolute atomic E-state index is 0.0353. The van der Waals surface area contributed by atoms with Gasteiger partial charge in [-0.15, -0.1) is 0 Å². The minimum atomic E-state index is -4.20. The van der Waals surface area contributed by atoms with Crippen molar-refractivity contribution in [3.63, 3.8) is 0 Å². The van der Waals surface area contributed by atoms with E-state index in [-0.39, 0.29) is 39.9 Å². The fraction of sp³-hybridized carbons (Fsp3) is 0.933. The van der Waals surface area contributed by atoms with E-state index in [4.69, 9.17) is 18.6 Å². The number of hydrogen-bond acceptors (Lipinski definition) is 7. The lowest BCUT2D eigenvalue weighted by Crippen LogP contribution is -2.66. The van der Waals surface area contributed by atoms with Crippen LogP contribution in [0.25, 0.3) is 0 Å². The maximum atomic E-state index is 12.5. The standard InChI is InChI=1S/C30H54N2O7S2/c1-19(10-9-14-26(2,3)33)20-11-16-30(8)25(20)21(38-40(31,34)35)18-23-28(6)15-13-24(39-41(32,36)37)27(4,5)22(28)12-17-29(23,30)7/h20-25,33H,1,9-18H2,2-8H3,(H2,31,34,35)(H2,32,36,37)/t20-,21-,22+,23-,24+,25+,28+,29-,30-/m1/s1. The van der Waals surface area contributed by atoms with Gasteiger partial charge in [0, 0.05) is 0 Å². The van der Waals surface area contributed by atoms with Crippen LogP contribution in [-0.2, 0) is 29.0 Å². The van der Waals surface area contributed by atoms with Crippen molar-refractivity contribution < 1.29 is 30.3 Å². The topological polar surface area (TPSA) is 159 Å². The zero-order chi connectivity index (χ0) is 31.0. The van der Waals surface area contributed by atoms with E-state index in [1.54, 1.807) is 0 Å². The largest absolute Gasteiger partial charge is 0.390 e. The first kappa shape index (κ1) is 33.3. The van der Waals surface area contributed by atoms with E-state index in [1.165, 1.54) is 0 Å². The predicted octanol–water partition coefficient (Wildman–Crippen LogP) is 4.96. The maximum Gasteiger partial charge on any atom is 0.333 e. The van der Waals surface area contributed by atoms with Crippen molar-refractivity contribution in [3.8, 4) is 0 Å². The molecule has 9 nitrogen and oxygen atoms in total. The summed E-state index contributed by atoms with van der Waals surface area (Å²) in [6.45, 7) is 19.3. The van der Waals surface area contributed by atoms with Gasteiger partial charge in [-0.2, -0.15) is 16.8 Å². The molecule has 0 heterocycles. The van der Waals surface area contributed by atoms with Crippen LogP contribution in [0.2, 0.25) is 0 Å². The Kier molecular flexibility index (Phi) is 8.55. The zero-order valence-corrected chi connectivity index (χ0v) is 27.7. The Morgan fingerprint density at radius 2 is 1.49 bits per heavy atom. The number of allylic oxidation sites excluding steroid dienone is 1. The molecule has 4 aliphatic rings. The highest BCUT2D eigenvalue weighted by atomic mass is 32.2. The first-order valence-electron chi connectivity index (χ1n) is 15.3. The predicted molar refractivity (Wildman–Crippen MR) is 160 cm³/mol. The van der Waals surface area contributed by atoms with E-state index in [9.17, 15) is 21.9 Å². The summed E-state index contributed by atoms with van der Waals surface area (Å²) in [5.41, 5.74) is -0.523. The van der Waals surface area contributed by atoms with E-state index in [1.807, 2.05) is 13.8 Å². The second kappa shape index (κ2) is 10.5. The van der Waals surface area contributed by atoms with Gasteiger partial charge in [0.1, 0.15) is 0 Å². The first-order valence-corrected chi connectivity index (χ1v) is 18.2. The fourth-order valence-corrected chi connectivity index (χ4v) is 11.9. The number of rotatable bonds is 9. The van der Waals surface area contributed by atoms with E-state index < -0.39 is 43.8 Å². The Morgan fingerprint density at radius 1 is 0.902 bits per heavy atom. The van der Waals surface area contributed by atoms with Crippen LogP contribution < -0.4 is 10.3 Å². The SMILES string of the molecule is C=C(CCCC(C)(C)O)[C@H]1CC[C@]2(C)[C@@H]1[C@H](OS(N)(=O)=O)C[C@@H]1[C@@]3(C)CC[C@H](OS(N)(=O)=O)C(C)(C)[C@@H]3CC[C@]12C. The third kappa shape index (κ3) is 6.07. The van der Waals surface area contributed by atoms with Crippen LogP contribution >= 0.6 is 0 Å². The van der Waals surface area contributed by atoms with Crippen LogP contribution in [0.15, 0.2) is 12.2 Å². The molecule has 0 amide bonds. The van der Waals surface area contributed by atoms with Gasteiger partial charge in [-0.05, 0) is 123 Å². The average Bonchev–Trinajstić information content (AvgIpc) is 3.14. The lowest BCUT2D eigenvalue weighted by Gasteiger charge is -2.70. The Bertz CT molecular complexity index is 1240. The van der Waals surface area contributed by atoms with Crippen LogP contribution in [0.4, 0.5) is 0 Å². The van der Waals surface area contributed by atoms with Crippen LogP contribution in [0.3, 0.4) is 0 Å². The highest BCUT2D eigenvalue weighted by Gasteiger charge is 2.71. The summed E-state index contributed by atoms with van der Waals surface area (Å²) < 4.78 is 59.9. The second-order valence-electron chi connectivity index (χ2n) is 15.8. The number of nitrogens with two attached hydrogens (primary N) is 2. The summed E-state index contributed by atoms with van der Waals surface area (Å²) in [4.78, 5) is 0. The monoisotopic (exact) mass is 618 g/mol. The molecule has 41 heavy (non-hydrogen) atoms. The molecule has 4 aliphatic carbocycles. The summed E-state index contributed by atoms with van der Waals surface area (Å²) >= 11 is 0. The highest BCUT2D eigenvalue weighted by Crippen LogP contribution is 2.76. The number of aliphatic hydroxyl groups is 1. The Hall–Kier alpha value is -0.560. The molecule has 4 saturated carbocycles. The van der Waals surface area contributed by atoms with Gasteiger partial charge < -0.3 is 5.11 Å². The molecule has 0 aromatic carbocycles. The highest BCUT2D eigenvalue weighted by molar-refractivity contribution is 7.84. The van der Waals surface area contributed by atoms with Crippen LogP contribution in [0.5, 0.6) is 0 Å². The van der Waals surface area contributed by atoms with E-state index in [0.717, 1.165) is 50.5 Å². The molecule has 11 heteroatoms. The molecule has 4 fully saturated rings. The van der Waals surface area contributed by atoms with Gasteiger partial charge in [-0.25, -0.2) is 10.3 Å². The molecule has 0 spiro atoms. The molecule has 0 unspecified atom stereocenters. The van der Waals surface area contributed by atoms with Crippen molar-refractivity contribution in [2.24, 2.45) is 55.6 Å². The molecule has 238 valence electrons. The molecule has 5 N–H and O–H groups in total. The number of hydrogen-bond donors (Lipinski definition) is 3. The van der Waals surface area contributed by atoms with Crippen molar-refractivity contribution in [2.45, 2.75) is 130 Å². The van der Waals surface area contributed by atoms with Crippen molar-refractivity contribution in [3.05, 3.63) is 12.2 Å². The number of fused-ring (bicyclic) bond motifs is 5. The van der Waals surface area contributed by atoms with E-state index in [0.29, 0.717) is 19.3 Å². The molecular formula is C30H54N2O7S2. The molecule has 0 aromatic rings. The molecule has 4 rings (SSSR count). The average molecular weight is 619 g/mol. The Morgan fingerprint density at radius 3 is 2.05 bits per heavy atom. The molecule has 0 saturated heterocycles. The van der Waals surface area contributed by atoms with Crippen molar-refractivity contribution in [2.75, 3.05) is 0 Å². The van der Waals surface area contributed by atoms with Gasteiger partial charge >= 0.3 is 20.6 Å². The smallest absolute Gasteiger partial charge is 0.333 e. The van der Waals surface area contributed by atoms with Gasteiger partial charge in [0.05, 0.1) is 17.8 Å². The van der Waals surface area contributed by atoms with Crippen LogP contribution in [0, 0.1) is 45.3 Å². The lowest BCUT2D eigenvalue weighted by atomic mass is 9.35. The Balaban J connectivity index is 1.70. The molecule has 9 atom stereocenters. The van der Waals surface area contributed by atoms with Crippen molar-refractivity contribution in [1.29, 1.82) is 0 Å². The summed E-state index contributed by atoms with van der Waals surface area (Å²) in [6, 6.07) is 0. The van der Waals surface area contributed by atoms with Crippen molar-refractivity contribution in [1.82, 2.24) is 0 Å². The Labute approximate surface area is 248 Å². The van der Waals surface area contributed by atoms with Gasteiger partial charge in [-0.3, -0.25) is 8.37 Å². The van der Waals surface area contributed by atoms with Crippen molar-refractivity contribution >= 4 is 20.6 Å². The minimum Gasteiger partial charge on any atom is -0.390 e. The van der Waals surface area contributed by atoms with E-state index >= 15 is 0 Å². The lowest BCUT2D eigenvalue weighted by molar-refractivity contribution is -0.234. The molecule has 0 radical (unpaired) electrons. The van der Waals surface area contributed by atoms with Gasteiger partial charge in [0.2, 0.25) is 0 Å². The van der Waals surface area contributed by atoms with Gasteiger partial charge in [-0.1, -0.05) is 46.8 Å². The summed E-state index contributed by atoms with van der Waals surface area (Å²) in [6.07, 6.45) is 6.85. The fourth-order valence-electron chi connectivity index (χ4n) is 10.7. The summed E-state index contributed by atoms with van der Waals surface area (Å²) in [5.74, 6) is 0.399. The maximum absolute atomic E-state index is 12.5. The van der Waals surface area contributed by atoms with Gasteiger partial charge in [0.15, 0.2) is 0 Å². The molecule has 0 aliphatic heterocycles. The molecular weight excluding hydrogens is 564 g/mol.